The lowest BCUT2D eigenvalue weighted by Crippen LogP contribution is -2.20. The molecular formula is C4H3NO2S2. The van der Waals surface area contributed by atoms with Gasteiger partial charge in [-0.05, 0) is 0 Å². The van der Waals surface area contributed by atoms with Crippen molar-refractivity contribution in [3.63, 3.8) is 0 Å². The number of imide groups is 1. The second-order valence-electron chi connectivity index (χ2n) is 1.39. The van der Waals surface area contributed by atoms with Crippen molar-refractivity contribution in [3.8, 4) is 0 Å². The first-order chi connectivity index (χ1) is 4.25. The first-order valence-electron chi connectivity index (χ1n) is 2.13. The number of hydrogen-bond acceptors (Lipinski definition) is 4. The van der Waals surface area contributed by atoms with E-state index in [9.17, 15) is 9.59 Å². The number of rotatable bonds is 1. The molecule has 0 bridgehead atoms. The molecule has 0 atom stereocenters. The van der Waals surface area contributed by atoms with Crippen LogP contribution in [-0.4, -0.2) is 16.1 Å². The van der Waals surface area contributed by atoms with Gasteiger partial charge in [-0.2, -0.15) is 0 Å². The number of amides is 2. The Morgan fingerprint density at radius 2 is 1.78 bits per heavy atom. The summed E-state index contributed by atoms with van der Waals surface area (Å²) in [6.45, 7) is 0. The topological polar surface area (TPSA) is 37.4 Å². The van der Waals surface area contributed by atoms with Crippen LogP contribution >= 0.6 is 22.6 Å². The summed E-state index contributed by atoms with van der Waals surface area (Å²) >= 11 is 3.70. The Bertz CT molecular complexity index is 171. The fourth-order valence-corrected chi connectivity index (χ4v) is 1.23. The summed E-state index contributed by atoms with van der Waals surface area (Å²) in [6.07, 6.45) is 2.43. The van der Waals surface area contributed by atoms with Crippen LogP contribution in [0.25, 0.3) is 0 Å². The lowest BCUT2D eigenvalue weighted by atomic mass is 10.6. The second kappa shape index (κ2) is 2.45. The molecule has 0 aromatic carbocycles. The first kappa shape index (κ1) is 6.70. The molecule has 48 valence electrons. The van der Waals surface area contributed by atoms with Crippen molar-refractivity contribution in [2.75, 3.05) is 0 Å². The molecule has 0 unspecified atom stereocenters. The number of carbonyl (C=O) groups is 2. The van der Waals surface area contributed by atoms with Gasteiger partial charge < -0.3 is 0 Å². The lowest BCUT2D eigenvalue weighted by Gasteiger charge is -2.04. The van der Waals surface area contributed by atoms with Crippen molar-refractivity contribution in [3.05, 3.63) is 12.2 Å². The fraction of sp³-hybridized carbons (Fsp3) is 0. The van der Waals surface area contributed by atoms with E-state index in [1.54, 1.807) is 0 Å². The Kier molecular flexibility index (Phi) is 1.82. The smallest absolute Gasteiger partial charge is 0.264 e. The molecule has 0 aromatic rings. The minimum absolute atomic E-state index is 0.319. The summed E-state index contributed by atoms with van der Waals surface area (Å²) in [5.74, 6) is -0.639. The van der Waals surface area contributed by atoms with Crippen LogP contribution in [0.15, 0.2) is 12.2 Å². The Morgan fingerprint density at radius 3 is 2.00 bits per heavy atom. The molecule has 0 aliphatic carbocycles. The molecular weight excluding hydrogens is 158 g/mol. The normalized spacial score (nSPS) is 17.7. The van der Waals surface area contributed by atoms with Gasteiger partial charge in [0.2, 0.25) is 0 Å². The first-order valence-corrected chi connectivity index (χ1v) is 3.96. The third-order valence-corrected chi connectivity index (χ3v) is 1.86. The Hall–Kier alpha value is -0.420. The van der Waals surface area contributed by atoms with Crippen LogP contribution in [0.1, 0.15) is 0 Å². The highest BCUT2D eigenvalue weighted by atomic mass is 33.1. The highest BCUT2D eigenvalue weighted by Crippen LogP contribution is 2.18. The minimum Gasteiger partial charge on any atom is -0.268 e. The summed E-state index contributed by atoms with van der Waals surface area (Å²) in [5, 5.41) is 0. The molecule has 1 heterocycles. The van der Waals surface area contributed by atoms with Gasteiger partial charge in [0.1, 0.15) is 0 Å². The van der Waals surface area contributed by atoms with Gasteiger partial charge in [0.15, 0.2) is 0 Å². The molecule has 3 nitrogen and oxygen atoms in total. The van der Waals surface area contributed by atoms with Gasteiger partial charge >= 0.3 is 0 Å². The van der Waals surface area contributed by atoms with Gasteiger partial charge in [-0.25, -0.2) is 4.31 Å². The van der Waals surface area contributed by atoms with Gasteiger partial charge in [-0.3, -0.25) is 9.59 Å². The van der Waals surface area contributed by atoms with E-state index >= 15 is 0 Å². The predicted octanol–water partition coefficient (Wildman–Crippen LogP) is 0.404. The molecule has 0 fully saturated rings. The van der Waals surface area contributed by atoms with Crippen molar-refractivity contribution in [1.29, 1.82) is 0 Å². The van der Waals surface area contributed by atoms with Crippen LogP contribution in [0.2, 0.25) is 0 Å². The third kappa shape index (κ3) is 1.11. The number of thiol groups is 1. The molecule has 0 saturated carbocycles. The van der Waals surface area contributed by atoms with Crippen molar-refractivity contribution in [2.45, 2.75) is 0 Å². The van der Waals surface area contributed by atoms with E-state index in [4.69, 9.17) is 0 Å². The van der Waals surface area contributed by atoms with Crippen LogP contribution in [-0.2, 0) is 9.59 Å². The maximum absolute atomic E-state index is 10.6. The molecule has 0 aromatic heterocycles. The largest absolute Gasteiger partial charge is 0.268 e. The zero-order valence-electron chi connectivity index (χ0n) is 4.27. The van der Waals surface area contributed by atoms with E-state index in [0.717, 1.165) is 15.3 Å². The molecule has 0 spiro atoms. The molecule has 0 radical (unpaired) electrons. The van der Waals surface area contributed by atoms with E-state index in [1.165, 1.54) is 12.2 Å². The average Bonchev–Trinajstić information content (AvgIpc) is 2.12. The van der Waals surface area contributed by atoms with Crippen molar-refractivity contribution in [1.82, 2.24) is 4.31 Å². The minimum atomic E-state index is -0.319. The number of hydrogen-bond donors (Lipinski definition) is 1. The molecule has 1 aliphatic rings. The van der Waals surface area contributed by atoms with Crippen molar-refractivity contribution in [2.24, 2.45) is 0 Å². The predicted molar refractivity (Wildman–Crippen MR) is 37.6 cm³/mol. The summed E-state index contributed by atoms with van der Waals surface area (Å²) < 4.78 is 0.961. The average molecular weight is 161 g/mol. The molecule has 0 saturated heterocycles. The SMILES string of the molecule is O=C1C=CC(=O)N1SS. The maximum Gasteiger partial charge on any atom is 0.264 e. The fourth-order valence-electron chi connectivity index (χ4n) is 0.467. The zero-order valence-corrected chi connectivity index (χ0v) is 5.98. The molecule has 1 aliphatic heterocycles. The summed E-state index contributed by atoms with van der Waals surface area (Å²) in [5.41, 5.74) is 0. The standard InChI is InChI=1S/C4H3NO2S2/c6-3-1-2-4(7)5(3)9-8/h1-2,8H. The van der Waals surface area contributed by atoms with Crippen molar-refractivity contribution >= 4 is 34.5 Å². The van der Waals surface area contributed by atoms with Crippen LogP contribution in [0.4, 0.5) is 0 Å². The maximum atomic E-state index is 10.6. The summed E-state index contributed by atoms with van der Waals surface area (Å²) in [6, 6.07) is 0. The number of nitrogens with zero attached hydrogens (tertiary/aromatic N) is 1. The Balaban J connectivity index is 2.75. The highest BCUT2D eigenvalue weighted by Gasteiger charge is 2.22. The molecule has 2 amide bonds. The van der Waals surface area contributed by atoms with Gasteiger partial charge in [0, 0.05) is 23.1 Å². The molecule has 9 heavy (non-hydrogen) atoms. The lowest BCUT2D eigenvalue weighted by molar-refractivity contribution is -0.130. The number of carbonyl (C=O) groups excluding carboxylic acids is 2. The molecule has 5 heteroatoms. The van der Waals surface area contributed by atoms with Gasteiger partial charge in [-0.1, -0.05) is 11.7 Å². The quantitative estimate of drug-likeness (QED) is 0.262. The molecule has 1 rings (SSSR count). The van der Waals surface area contributed by atoms with Crippen molar-refractivity contribution < 1.29 is 9.59 Å². The second-order valence-corrected chi connectivity index (χ2v) is 2.40. The Morgan fingerprint density at radius 1 is 1.33 bits per heavy atom. The van der Waals surface area contributed by atoms with Crippen LogP contribution < -0.4 is 0 Å². The van der Waals surface area contributed by atoms with Crippen LogP contribution in [0.5, 0.6) is 0 Å². The third-order valence-electron chi connectivity index (χ3n) is 0.850. The highest BCUT2D eigenvalue weighted by molar-refractivity contribution is 8.67. The van der Waals surface area contributed by atoms with E-state index in [0.29, 0.717) is 0 Å². The van der Waals surface area contributed by atoms with Gasteiger partial charge in [0.25, 0.3) is 11.8 Å². The summed E-state index contributed by atoms with van der Waals surface area (Å²) in [7, 11) is 0.815. The summed E-state index contributed by atoms with van der Waals surface area (Å²) in [4.78, 5) is 21.1. The van der Waals surface area contributed by atoms with E-state index < -0.39 is 0 Å². The Labute approximate surface area is 61.0 Å². The van der Waals surface area contributed by atoms with Gasteiger partial charge in [-0.15, -0.1) is 0 Å². The zero-order chi connectivity index (χ0) is 6.85. The van der Waals surface area contributed by atoms with Crippen LogP contribution in [0.3, 0.4) is 0 Å². The van der Waals surface area contributed by atoms with E-state index in [2.05, 4.69) is 11.7 Å². The van der Waals surface area contributed by atoms with Gasteiger partial charge in [0.05, 0.1) is 0 Å². The van der Waals surface area contributed by atoms with E-state index in [-0.39, 0.29) is 11.8 Å². The monoisotopic (exact) mass is 161 g/mol. The van der Waals surface area contributed by atoms with E-state index in [1.807, 2.05) is 0 Å². The molecule has 0 N–H and O–H groups in total. The van der Waals surface area contributed by atoms with Crippen LogP contribution in [0, 0.1) is 0 Å².